The molecule has 0 radical (unpaired) electrons. The van der Waals surface area contributed by atoms with Crippen LogP contribution < -0.4 is 0 Å². The summed E-state index contributed by atoms with van der Waals surface area (Å²) in [5.74, 6) is 0.0279. The molecule has 1 atom stereocenters. The molecule has 0 aromatic heterocycles. The van der Waals surface area contributed by atoms with Crippen LogP contribution in [0.1, 0.15) is 24.5 Å². The minimum absolute atomic E-state index is 0.0279. The molecular weight excluding hydrogens is 310 g/mol. The van der Waals surface area contributed by atoms with Crippen molar-refractivity contribution in [3.05, 3.63) is 71.9 Å². The second kappa shape index (κ2) is 6.66. The van der Waals surface area contributed by atoms with Gasteiger partial charge in [0, 0.05) is 19.0 Å². The van der Waals surface area contributed by atoms with Crippen molar-refractivity contribution in [2.75, 3.05) is 26.3 Å². The number of nitrogens with zero attached hydrogens (tertiary/aromatic N) is 1. The molecule has 25 heavy (non-hydrogen) atoms. The van der Waals surface area contributed by atoms with Crippen LogP contribution in [0.4, 0.5) is 0 Å². The molecule has 1 aliphatic heterocycles. The Labute approximate surface area is 149 Å². The standard InChI is InChI=1S/C22H25NO2/c1-2-17(11-12-23-13-15-25-16-14-23)22(24)20-9-5-3-7-18(20)19-8-4-6-10-21(19)22/h3-12,17,24H,2,13-16H2,1H3/b12-11+. The van der Waals surface area contributed by atoms with Crippen molar-refractivity contribution in [1.82, 2.24) is 4.90 Å². The number of benzene rings is 2. The zero-order valence-corrected chi connectivity index (χ0v) is 14.7. The highest BCUT2D eigenvalue weighted by molar-refractivity contribution is 5.80. The van der Waals surface area contributed by atoms with Gasteiger partial charge in [0.15, 0.2) is 0 Å². The quantitative estimate of drug-likeness (QED) is 0.923. The summed E-state index contributed by atoms with van der Waals surface area (Å²) < 4.78 is 5.42. The van der Waals surface area contributed by atoms with Crippen LogP contribution >= 0.6 is 0 Å². The lowest BCUT2D eigenvalue weighted by Crippen LogP contribution is -2.35. The lowest BCUT2D eigenvalue weighted by Gasteiger charge is -2.33. The van der Waals surface area contributed by atoms with E-state index in [1.807, 2.05) is 24.3 Å². The van der Waals surface area contributed by atoms with E-state index in [4.69, 9.17) is 4.74 Å². The summed E-state index contributed by atoms with van der Waals surface area (Å²) in [6.07, 6.45) is 5.21. The summed E-state index contributed by atoms with van der Waals surface area (Å²) >= 11 is 0. The molecule has 1 fully saturated rings. The van der Waals surface area contributed by atoms with Crippen molar-refractivity contribution < 1.29 is 9.84 Å². The summed E-state index contributed by atoms with van der Waals surface area (Å²) in [6, 6.07) is 16.5. The van der Waals surface area contributed by atoms with Gasteiger partial charge < -0.3 is 14.7 Å². The van der Waals surface area contributed by atoms with E-state index in [-0.39, 0.29) is 5.92 Å². The van der Waals surface area contributed by atoms with Crippen LogP contribution in [0.25, 0.3) is 11.1 Å². The van der Waals surface area contributed by atoms with Crippen molar-refractivity contribution in [3.8, 4) is 11.1 Å². The fourth-order valence-electron chi connectivity index (χ4n) is 4.17. The second-order valence-corrected chi connectivity index (χ2v) is 6.86. The van der Waals surface area contributed by atoms with Crippen molar-refractivity contribution in [3.63, 3.8) is 0 Å². The van der Waals surface area contributed by atoms with Crippen molar-refractivity contribution in [2.45, 2.75) is 18.9 Å². The molecule has 1 N–H and O–H groups in total. The Balaban J connectivity index is 1.74. The number of morpholine rings is 1. The molecule has 2 aromatic carbocycles. The van der Waals surface area contributed by atoms with E-state index >= 15 is 0 Å². The molecule has 1 saturated heterocycles. The molecule has 0 saturated carbocycles. The first-order chi connectivity index (χ1) is 12.2. The van der Waals surface area contributed by atoms with E-state index < -0.39 is 5.60 Å². The Bertz CT molecular complexity index is 732. The SMILES string of the molecule is CCC(/C=C/N1CCOCC1)C1(O)c2ccccc2-c2ccccc21. The molecule has 1 heterocycles. The van der Waals surface area contributed by atoms with Gasteiger partial charge in [-0.25, -0.2) is 0 Å². The van der Waals surface area contributed by atoms with Gasteiger partial charge in [0.2, 0.25) is 0 Å². The number of hydrogen-bond donors (Lipinski definition) is 1. The van der Waals surface area contributed by atoms with Gasteiger partial charge in [-0.3, -0.25) is 0 Å². The smallest absolute Gasteiger partial charge is 0.122 e. The monoisotopic (exact) mass is 335 g/mol. The molecule has 2 aliphatic rings. The van der Waals surface area contributed by atoms with Gasteiger partial charge in [-0.05, 0) is 34.9 Å². The normalized spacial score (nSPS) is 19.7. The zero-order chi connectivity index (χ0) is 17.3. The maximum absolute atomic E-state index is 11.9. The molecule has 4 rings (SSSR count). The van der Waals surface area contributed by atoms with Gasteiger partial charge in [0.1, 0.15) is 5.60 Å². The molecular formula is C22H25NO2. The van der Waals surface area contributed by atoms with Gasteiger partial charge in [0.25, 0.3) is 0 Å². The van der Waals surface area contributed by atoms with E-state index in [1.54, 1.807) is 0 Å². The van der Waals surface area contributed by atoms with Gasteiger partial charge in [0.05, 0.1) is 13.2 Å². The van der Waals surface area contributed by atoms with Crippen LogP contribution in [0.15, 0.2) is 60.8 Å². The molecule has 0 spiro atoms. The molecule has 2 aromatic rings. The average molecular weight is 335 g/mol. The zero-order valence-electron chi connectivity index (χ0n) is 14.7. The Morgan fingerprint density at radius 2 is 1.60 bits per heavy atom. The summed E-state index contributed by atoms with van der Waals surface area (Å²) in [5, 5.41) is 11.9. The lowest BCUT2D eigenvalue weighted by molar-refractivity contribution is 0.0367. The molecule has 1 unspecified atom stereocenters. The topological polar surface area (TPSA) is 32.7 Å². The maximum Gasteiger partial charge on any atom is 0.122 e. The van der Waals surface area contributed by atoms with Crippen LogP contribution in [-0.2, 0) is 10.3 Å². The van der Waals surface area contributed by atoms with E-state index in [0.717, 1.165) is 55.0 Å². The summed E-state index contributed by atoms with van der Waals surface area (Å²) in [5.41, 5.74) is 3.38. The number of hydrogen-bond acceptors (Lipinski definition) is 3. The first kappa shape index (κ1) is 16.4. The number of fused-ring (bicyclic) bond motifs is 3. The third-order valence-electron chi connectivity index (χ3n) is 5.52. The van der Waals surface area contributed by atoms with Crippen LogP contribution in [-0.4, -0.2) is 36.3 Å². The van der Waals surface area contributed by atoms with Gasteiger partial charge in [-0.15, -0.1) is 0 Å². The minimum atomic E-state index is -0.968. The van der Waals surface area contributed by atoms with Crippen molar-refractivity contribution in [2.24, 2.45) is 5.92 Å². The number of rotatable bonds is 4. The molecule has 3 heteroatoms. The number of ether oxygens (including phenoxy) is 1. The largest absolute Gasteiger partial charge is 0.380 e. The van der Waals surface area contributed by atoms with Crippen molar-refractivity contribution >= 4 is 0 Å². The highest BCUT2D eigenvalue weighted by Crippen LogP contribution is 2.52. The molecule has 130 valence electrons. The Hall–Kier alpha value is -2.10. The highest BCUT2D eigenvalue weighted by atomic mass is 16.5. The van der Waals surface area contributed by atoms with Crippen LogP contribution in [0.2, 0.25) is 0 Å². The average Bonchev–Trinajstić information content (AvgIpc) is 2.94. The third kappa shape index (κ3) is 2.68. The summed E-state index contributed by atoms with van der Waals surface area (Å²) in [6.45, 7) is 5.53. The second-order valence-electron chi connectivity index (χ2n) is 6.86. The first-order valence-corrected chi connectivity index (χ1v) is 9.17. The van der Waals surface area contributed by atoms with E-state index in [2.05, 4.69) is 48.4 Å². The summed E-state index contributed by atoms with van der Waals surface area (Å²) in [4.78, 5) is 2.28. The fourth-order valence-corrected chi connectivity index (χ4v) is 4.17. The molecule has 0 bridgehead atoms. The predicted molar refractivity (Wildman–Crippen MR) is 100 cm³/mol. The highest BCUT2D eigenvalue weighted by Gasteiger charge is 2.45. The third-order valence-corrected chi connectivity index (χ3v) is 5.52. The molecule has 3 nitrogen and oxygen atoms in total. The van der Waals surface area contributed by atoms with Gasteiger partial charge in [-0.1, -0.05) is 61.5 Å². The number of aliphatic hydroxyl groups is 1. The van der Waals surface area contributed by atoms with E-state index in [0.29, 0.717) is 0 Å². The Morgan fingerprint density at radius 1 is 1.04 bits per heavy atom. The van der Waals surface area contributed by atoms with Crippen LogP contribution in [0.3, 0.4) is 0 Å². The van der Waals surface area contributed by atoms with Gasteiger partial charge in [-0.2, -0.15) is 0 Å². The Kier molecular flexibility index (Phi) is 4.36. The van der Waals surface area contributed by atoms with Crippen molar-refractivity contribution in [1.29, 1.82) is 0 Å². The predicted octanol–water partition coefficient (Wildman–Crippen LogP) is 3.78. The van der Waals surface area contributed by atoms with Crippen LogP contribution in [0, 0.1) is 5.92 Å². The molecule has 0 amide bonds. The fraction of sp³-hybridized carbons (Fsp3) is 0.364. The van der Waals surface area contributed by atoms with Crippen LogP contribution in [0.5, 0.6) is 0 Å². The first-order valence-electron chi connectivity index (χ1n) is 9.17. The summed E-state index contributed by atoms with van der Waals surface area (Å²) in [7, 11) is 0. The molecule has 1 aliphatic carbocycles. The van der Waals surface area contributed by atoms with Gasteiger partial charge >= 0.3 is 0 Å². The maximum atomic E-state index is 11.9. The Morgan fingerprint density at radius 3 is 2.16 bits per heavy atom. The van der Waals surface area contributed by atoms with E-state index in [1.165, 1.54) is 0 Å². The lowest BCUT2D eigenvalue weighted by atomic mass is 9.78. The minimum Gasteiger partial charge on any atom is -0.380 e. The van der Waals surface area contributed by atoms with E-state index in [9.17, 15) is 5.11 Å².